The third-order valence-electron chi connectivity index (χ3n) is 4.00. The van der Waals surface area contributed by atoms with Crippen molar-refractivity contribution < 1.29 is 23.4 Å². The molecule has 0 aliphatic heterocycles. The second-order valence-corrected chi connectivity index (χ2v) is 6.04. The lowest BCUT2D eigenvalue weighted by Crippen LogP contribution is -2.08. The number of nitrogens with zero attached hydrogens (tertiary/aromatic N) is 2. The normalized spacial score (nSPS) is 10.4. The van der Waals surface area contributed by atoms with Crippen LogP contribution in [0.2, 0.25) is 0 Å². The third kappa shape index (κ3) is 5.42. The molecule has 0 unspecified atom stereocenters. The Hall–Kier alpha value is -3.72. The molecule has 0 amide bonds. The topological polar surface area (TPSA) is 94.6 Å². The van der Waals surface area contributed by atoms with Crippen LogP contribution in [0.5, 0.6) is 5.75 Å². The van der Waals surface area contributed by atoms with E-state index in [1.807, 2.05) is 0 Å². The highest BCUT2D eigenvalue weighted by atomic mass is 19.1. The first-order valence-electron chi connectivity index (χ1n) is 9.06. The lowest BCUT2D eigenvalue weighted by molar-refractivity contribution is 0.0602. The summed E-state index contributed by atoms with van der Waals surface area (Å²) in [5, 5.41) is 5.82. The number of para-hydroxylation sites is 1. The predicted octanol–water partition coefficient (Wildman–Crippen LogP) is 3.91. The Morgan fingerprint density at radius 1 is 1.03 bits per heavy atom. The average molecular weight is 412 g/mol. The van der Waals surface area contributed by atoms with Gasteiger partial charge in [-0.15, -0.1) is 0 Å². The van der Waals surface area contributed by atoms with Crippen LogP contribution < -0.4 is 15.4 Å². The molecule has 8 nitrogen and oxygen atoms in total. The number of benzene rings is 2. The van der Waals surface area contributed by atoms with Gasteiger partial charge in [0.05, 0.1) is 31.2 Å². The van der Waals surface area contributed by atoms with Crippen molar-refractivity contribution >= 4 is 29.1 Å². The number of aromatic nitrogens is 2. The average Bonchev–Trinajstić information content (AvgIpc) is 2.77. The molecule has 1 heterocycles. The number of hydrogen-bond donors (Lipinski definition) is 2. The minimum atomic E-state index is -0.665. The minimum Gasteiger partial charge on any atom is -0.491 e. The lowest BCUT2D eigenvalue weighted by Gasteiger charge is -2.12. The first-order valence-corrected chi connectivity index (χ1v) is 9.06. The monoisotopic (exact) mass is 412 g/mol. The van der Waals surface area contributed by atoms with Crippen LogP contribution in [0.3, 0.4) is 0 Å². The number of halogens is 1. The van der Waals surface area contributed by atoms with E-state index < -0.39 is 11.8 Å². The van der Waals surface area contributed by atoms with Crippen LogP contribution >= 0.6 is 0 Å². The summed E-state index contributed by atoms with van der Waals surface area (Å²) in [6.07, 6.45) is 1.04. The molecule has 0 spiro atoms. The van der Waals surface area contributed by atoms with Crippen molar-refractivity contribution in [1.29, 1.82) is 0 Å². The molecule has 0 atom stereocenters. The van der Waals surface area contributed by atoms with Crippen LogP contribution in [0.25, 0.3) is 0 Å². The highest BCUT2D eigenvalue weighted by molar-refractivity contribution is 5.96. The van der Waals surface area contributed by atoms with Crippen LogP contribution in [0.1, 0.15) is 10.4 Å². The van der Waals surface area contributed by atoms with Gasteiger partial charge in [0.25, 0.3) is 0 Å². The highest BCUT2D eigenvalue weighted by Crippen LogP contribution is 2.24. The Balaban J connectivity index is 1.74. The van der Waals surface area contributed by atoms with Crippen LogP contribution in [0.4, 0.5) is 27.5 Å². The predicted molar refractivity (Wildman–Crippen MR) is 110 cm³/mol. The van der Waals surface area contributed by atoms with Gasteiger partial charge in [-0.3, -0.25) is 0 Å². The van der Waals surface area contributed by atoms with Gasteiger partial charge in [0.2, 0.25) is 5.95 Å². The number of carbonyl (C=O) groups excluding carboxylic acids is 1. The van der Waals surface area contributed by atoms with E-state index in [0.717, 1.165) is 6.20 Å². The molecule has 30 heavy (non-hydrogen) atoms. The molecule has 156 valence electrons. The smallest absolute Gasteiger partial charge is 0.339 e. The maximum Gasteiger partial charge on any atom is 0.339 e. The van der Waals surface area contributed by atoms with Crippen molar-refractivity contribution in [2.24, 2.45) is 0 Å². The molecular formula is C21H21FN4O4. The summed E-state index contributed by atoms with van der Waals surface area (Å²) >= 11 is 0. The van der Waals surface area contributed by atoms with E-state index >= 15 is 0 Å². The molecule has 2 N–H and O–H groups in total. The zero-order valence-electron chi connectivity index (χ0n) is 16.5. The van der Waals surface area contributed by atoms with E-state index in [2.05, 4.69) is 20.6 Å². The van der Waals surface area contributed by atoms with Gasteiger partial charge in [-0.05, 0) is 36.4 Å². The standard InChI is InChI=1S/C21H21FN4O4/c1-28-11-12-30-15-9-7-14(8-10-15)24-21-23-13-17(22)19(26-21)25-18-6-4-3-5-16(18)20(27)29-2/h3-10,13H,11-12H2,1-2H3,(H2,23,24,25,26). The minimum absolute atomic E-state index is 0.0802. The zero-order chi connectivity index (χ0) is 21.3. The van der Waals surface area contributed by atoms with E-state index in [1.54, 1.807) is 55.6 Å². The van der Waals surface area contributed by atoms with Crippen LogP contribution in [-0.2, 0) is 9.47 Å². The van der Waals surface area contributed by atoms with E-state index in [4.69, 9.17) is 14.2 Å². The van der Waals surface area contributed by atoms with Gasteiger partial charge in [0.1, 0.15) is 12.4 Å². The molecule has 1 aromatic heterocycles. The van der Waals surface area contributed by atoms with Crippen molar-refractivity contribution in [3.05, 3.63) is 66.1 Å². The Morgan fingerprint density at radius 2 is 1.80 bits per heavy atom. The molecule has 2 aromatic carbocycles. The lowest BCUT2D eigenvalue weighted by atomic mass is 10.2. The largest absolute Gasteiger partial charge is 0.491 e. The summed E-state index contributed by atoms with van der Waals surface area (Å²) in [6.45, 7) is 0.949. The highest BCUT2D eigenvalue weighted by Gasteiger charge is 2.14. The molecule has 0 bridgehead atoms. The fourth-order valence-electron chi connectivity index (χ4n) is 2.53. The Bertz CT molecular complexity index is 999. The fraction of sp³-hybridized carbons (Fsp3) is 0.190. The molecule has 0 saturated carbocycles. The number of methoxy groups -OCH3 is 2. The summed E-state index contributed by atoms with van der Waals surface area (Å²) in [6, 6.07) is 13.7. The molecule has 0 fully saturated rings. The number of carbonyl (C=O) groups is 1. The number of nitrogens with one attached hydrogen (secondary N) is 2. The quantitative estimate of drug-likeness (QED) is 0.404. The first-order chi connectivity index (χ1) is 14.6. The Morgan fingerprint density at radius 3 is 2.53 bits per heavy atom. The van der Waals surface area contributed by atoms with E-state index in [-0.39, 0.29) is 17.3 Å². The van der Waals surface area contributed by atoms with Gasteiger partial charge in [0, 0.05) is 12.8 Å². The van der Waals surface area contributed by atoms with E-state index in [1.165, 1.54) is 7.11 Å². The van der Waals surface area contributed by atoms with Gasteiger partial charge in [-0.2, -0.15) is 4.98 Å². The number of esters is 1. The van der Waals surface area contributed by atoms with Crippen LogP contribution in [0, 0.1) is 5.82 Å². The van der Waals surface area contributed by atoms with Gasteiger partial charge >= 0.3 is 5.97 Å². The summed E-state index contributed by atoms with van der Waals surface area (Å²) in [4.78, 5) is 20.0. The molecule has 3 rings (SSSR count). The summed E-state index contributed by atoms with van der Waals surface area (Å²) < 4.78 is 29.5. The number of anilines is 4. The zero-order valence-corrected chi connectivity index (χ0v) is 16.5. The Kier molecular flexibility index (Phi) is 7.12. The van der Waals surface area contributed by atoms with E-state index in [9.17, 15) is 9.18 Å². The molecule has 0 aliphatic carbocycles. The SMILES string of the molecule is COCCOc1ccc(Nc2ncc(F)c(Nc3ccccc3C(=O)OC)n2)cc1. The number of ether oxygens (including phenoxy) is 3. The Labute approximate surface area is 173 Å². The summed E-state index contributed by atoms with van der Waals surface area (Å²) in [7, 11) is 2.89. The fourth-order valence-corrected chi connectivity index (χ4v) is 2.53. The van der Waals surface area contributed by atoms with Crippen LogP contribution in [0.15, 0.2) is 54.7 Å². The van der Waals surface area contributed by atoms with Gasteiger partial charge < -0.3 is 24.8 Å². The van der Waals surface area contributed by atoms with Gasteiger partial charge in [-0.1, -0.05) is 12.1 Å². The maximum atomic E-state index is 14.3. The van der Waals surface area contributed by atoms with Crippen molar-refractivity contribution in [1.82, 2.24) is 9.97 Å². The van der Waals surface area contributed by atoms with Crippen molar-refractivity contribution in [2.75, 3.05) is 38.1 Å². The second kappa shape index (κ2) is 10.2. The maximum absolute atomic E-state index is 14.3. The van der Waals surface area contributed by atoms with Crippen LogP contribution in [-0.4, -0.2) is 43.4 Å². The first kappa shape index (κ1) is 21.0. The van der Waals surface area contributed by atoms with E-state index in [0.29, 0.717) is 30.3 Å². The number of rotatable bonds is 9. The van der Waals surface area contributed by atoms with Gasteiger partial charge in [-0.25, -0.2) is 14.2 Å². The molecule has 3 aromatic rings. The summed E-state index contributed by atoms with van der Waals surface area (Å²) in [5.74, 6) is -0.411. The summed E-state index contributed by atoms with van der Waals surface area (Å²) in [5.41, 5.74) is 1.32. The molecule has 0 saturated heterocycles. The van der Waals surface area contributed by atoms with Crippen molar-refractivity contribution in [3.8, 4) is 5.75 Å². The number of hydrogen-bond acceptors (Lipinski definition) is 8. The molecule has 9 heteroatoms. The second-order valence-electron chi connectivity index (χ2n) is 6.04. The third-order valence-corrected chi connectivity index (χ3v) is 4.00. The molecule has 0 radical (unpaired) electrons. The molecule has 0 aliphatic rings. The molecular weight excluding hydrogens is 391 g/mol. The van der Waals surface area contributed by atoms with Crippen molar-refractivity contribution in [2.45, 2.75) is 0 Å². The van der Waals surface area contributed by atoms with Crippen molar-refractivity contribution in [3.63, 3.8) is 0 Å². The van der Waals surface area contributed by atoms with Gasteiger partial charge in [0.15, 0.2) is 11.6 Å².